The molecule has 0 bridgehead atoms. The number of rotatable bonds is 5. The first kappa shape index (κ1) is 17.5. The number of aromatic hydroxyl groups is 1. The summed E-state index contributed by atoms with van der Waals surface area (Å²) in [6.45, 7) is 5.73. The Labute approximate surface area is 159 Å². The van der Waals surface area contributed by atoms with E-state index in [4.69, 9.17) is 4.74 Å². The van der Waals surface area contributed by atoms with Gasteiger partial charge in [-0.1, -0.05) is 42.5 Å². The molecule has 6 heteroatoms. The van der Waals surface area contributed by atoms with Crippen molar-refractivity contribution in [3.63, 3.8) is 0 Å². The monoisotopic (exact) mass is 364 g/mol. The fourth-order valence-corrected chi connectivity index (χ4v) is 3.53. The van der Waals surface area contributed by atoms with Crippen molar-refractivity contribution < 1.29 is 9.84 Å². The predicted molar refractivity (Wildman–Crippen MR) is 104 cm³/mol. The van der Waals surface area contributed by atoms with Crippen LogP contribution in [0, 0.1) is 0 Å². The third kappa shape index (κ3) is 3.66. The molecule has 1 N–H and O–H groups in total. The smallest absolute Gasteiger partial charge is 0.164 e. The van der Waals surface area contributed by atoms with Crippen LogP contribution in [0.1, 0.15) is 18.3 Å². The molecule has 27 heavy (non-hydrogen) atoms. The van der Waals surface area contributed by atoms with Gasteiger partial charge in [0, 0.05) is 43.7 Å². The quantitative estimate of drug-likeness (QED) is 0.754. The summed E-state index contributed by atoms with van der Waals surface area (Å²) in [5.74, 6) is 2.73. The average Bonchev–Trinajstić information content (AvgIpc) is 3.00. The maximum atomic E-state index is 10.5. The first-order valence-corrected chi connectivity index (χ1v) is 9.39. The van der Waals surface area contributed by atoms with Crippen molar-refractivity contribution in [2.24, 2.45) is 0 Å². The zero-order chi connectivity index (χ0) is 18.6. The third-order valence-corrected chi connectivity index (χ3v) is 4.93. The minimum absolute atomic E-state index is 0.243. The highest BCUT2D eigenvalue weighted by atomic mass is 16.5. The second-order valence-corrected chi connectivity index (χ2v) is 6.68. The summed E-state index contributed by atoms with van der Waals surface area (Å²) in [4.78, 5) is 2.34. The molecule has 1 aliphatic rings. The molecule has 2 aromatic carbocycles. The maximum Gasteiger partial charge on any atom is 0.164 e. The van der Waals surface area contributed by atoms with Gasteiger partial charge in [-0.3, -0.25) is 4.90 Å². The van der Waals surface area contributed by atoms with Gasteiger partial charge in [-0.25, -0.2) is 0 Å². The van der Waals surface area contributed by atoms with Crippen molar-refractivity contribution in [3.8, 4) is 22.9 Å². The Hall–Kier alpha value is -2.86. The summed E-state index contributed by atoms with van der Waals surface area (Å²) in [6, 6.07) is 15.9. The Bertz CT molecular complexity index is 908. The van der Waals surface area contributed by atoms with Crippen molar-refractivity contribution in [3.05, 3.63) is 59.9 Å². The molecule has 0 fully saturated rings. The number of hydrogen-bond donors (Lipinski definition) is 1. The van der Waals surface area contributed by atoms with Gasteiger partial charge in [0.1, 0.15) is 5.82 Å². The highest BCUT2D eigenvalue weighted by Gasteiger charge is 2.20. The highest BCUT2D eigenvalue weighted by molar-refractivity contribution is 5.55. The van der Waals surface area contributed by atoms with Gasteiger partial charge in [-0.15, -0.1) is 10.2 Å². The van der Waals surface area contributed by atoms with E-state index >= 15 is 0 Å². The normalized spacial score (nSPS) is 14.6. The zero-order valence-corrected chi connectivity index (χ0v) is 15.5. The Morgan fingerprint density at radius 1 is 1.00 bits per heavy atom. The average molecular weight is 364 g/mol. The number of nitrogens with zero attached hydrogens (tertiary/aromatic N) is 4. The molecule has 0 aliphatic carbocycles. The molecule has 0 atom stereocenters. The molecule has 1 aliphatic heterocycles. The van der Waals surface area contributed by atoms with E-state index in [0.717, 1.165) is 48.8 Å². The van der Waals surface area contributed by atoms with Gasteiger partial charge in [0.05, 0.1) is 6.61 Å². The van der Waals surface area contributed by atoms with Crippen molar-refractivity contribution in [1.82, 2.24) is 19.7 Å². The van der Waals surface area contributed by atoms with Crippen LogP contribution in [0.2, 0.25) is 0 Å². The van der Waals surface area contributed by atoms with Crippen LogP contribution in [0.3, 0.4) is 0 Å². The van der Waals surface area contributed by atoms with Crippen molar-refractivity contribution in [2.45, 2.75) is 26.4 Å². The van der Waals surface area contributed by atoms with Gasteiger partial charge in [-0.2, -0.15) is 0 Å². The van der Waals surface area contributed by atoms with E-state index in [2.05, 4.69) is 31.8 Å². The second kappa shape index (κ2) is 7.80. The minimum Gasteiger partial charge on any atom is -0.504 e. The van der Waals surface area contributed by atoms with Crippen LogP contribution in [0.5, 0.6) is 11.5 Å². The topological polar surface area (TPSA) is 63.4 Å². The molecule has 3 aromatic rings. The van der Waals surface area contributed by atoms with Crippen LogP contribution in [0.15, 0.2) is 48.5 Å². The Morgan fingerprint density at radius 3 is 2.67 bits per heavy atom. The Morgan fingerprint density at radius 2 is 1.85 bits per heavy atom. The largest absolute Gasteiger partial charge is 0.504 e. The fraction of sp³-hybridized carbons (Fsp3) is 0.333. The van der Waals surface area contributed by atoms with Crippen LogP contribution < -0.4 is 4.74 Å². The molecule has 0 unspecified atom stereocenters. The molecule has 0 amide bonds. The van der Waals surface area contributed by atoms with Crippen LogP contribution in [0.25, 0.3) is 11.4 Å². The van der Waals surface area contributed by atoms with E-state index in [1.165, 1.54) is 0 Å². The lowest BCUT2D eigenvalue weighted by molar-refractivity contribution is 0.263. The lowest BCUT2D eigenvalue weighted by Crippen LogP contribution is -2.26. The highest BCUT2D eigenvalue weighted by Crippen LogP contribution is 2.31. The van der Waals surface area contributed by atoms with Gasteiger partial charge in [0.25, 0.3) is 0 Å². The number of phenolic OH excluding ortho intramolecular Hbond substituents is 1. The van der Waals surface area contributed by atoms with E-state index in [9.17, 15) is 5.11 Å². The number of ether oxygens (including phenoxy) is 1. The van der Waals surface area contributed by atoms with Crippen LogP contribution in [-0.4, -0.2) is 44.5 Å². The first-order chi connectivity index (χ1) is 13.3. The summed E-state index contributed by atoms with van der Waals surface area (Å²) in [7, 11) is 0. The van der Waals surface area contributed by atoms with Crippen LogP contribution in [0.4, 0.5) is 0 Å². The Kier molecular flexibility index (Phi) is 5.07. The van der Waals surface area contributed by atoms with E-state index < -0.39 is 0 Å². The summed E-state index contributed by atoms with van der Waals surface area (Å²) in [5, 5.41) is 19.3. The van der Waals surface area contributed by atoms with Crippen LogP contribution in [-0.2, 0) is 19.5 Å². The molecular formula is C21H24N4O2. The standard InChI is InChI=1S/C21H24N4O2/c1-2-27-18-10-6-9-17(20(18)26)15-24-12-11-19-22-23-21(25(19)14-13-24)16-7-4-3-5-8-16/h3-10,26H,2,11-15H2,1H3. The maximum absolute atomic E-state index is 10.5. The summed E-state index contributed by atoms with van der Waals surface area (Å²) in [6.07, 6.45) is 0.839. The fourth-order valence-electron chi connectivity index (χ4n) is 3.53. The number of benzene rings is 2. The SMILES string of the molecule is CCOc1cccc(CN2CCc3nnc(-c4ccccc4)n3CC2)c1O. The number of hydrogen-bond acceptors (Lipinski definition) is 5. The molecule has 4 rings (SSSR count). The molecule has 0 spiro atoms. The van der Waals surface area contributed by atoms with Gasteiger partial charge in [0.2, 0.25) is 0 Å². The van der Waals surface area contributed by atoms with E-state index in [0.29, 0.717) is 18.9 Å². The van der Waals surface area contributed by atoms with Crippen LogP contribution >= 0.6 is 0 Å². The first-order valence-electron chi connectivity index (χ1n) is 9.39. The summed E-state index contributed by atoms with van der Waals surface area (Å²) < 4.78 is 7.72. The zero-order valence-electron chi connectivity index (χ0n) is 15.5. The number of aromatic nitrogens is 3. The molecule has 2 heterocycles. The number of fused-ring (bicyclic) bond motifs is 1. The van der Waals surface area contributed by atoms with Gasteiger partial charge in [0.15, 0.2) is 17.3 Å². The minimum atomic E-state index is 0.243. The lowest BCUT2D eigenvalue weighted by atomic mass is 10.1. The van der Waals surface area contributed by atoms with Gasteiger partial charge < -0.3 is 14.4 Å². The van der Waals surface area contributed by atoms with Gasteiger partial charge in [-0.05, 0) is 13.0 Å². The summed E-state index contributed by atoms with van der Waals surface area (Å²) >= 11 is 0. The number of phenols is 1. The number of para-hydroxylation sites is 1. The molecule has 0 saturated carbocycles. The van der Waals surface area contributed by atoms with E-state index in [1.54, 1.807) is 6.07 Å². The summed E-state index contributed by atoms with van der Waals surface area (Å²) in [5.41, 5.74) is 1.98. The molecule has 1 aromatic heterocycles. The Balaban J connectivity index is 1.50. The van der Waals surface area contributed by atoms with E-state index in [-0.39, 0.29) is 5.75 Å². The predicted octanol–water partition coefficient (Wildman–Crippen LogP) is 3.11. The molecule has 0 radical (unpaired) electrons. The van der Waals surface area contributed by atoms with Crippen molar-refractivity contribution in [2.75, 3.05) is 19.7 Å². The third-order valence-electron chi connectivity index (χ3n) is 4.93. The van der Waals surface area contributed by atoms with Crippen molar-refractivity contribution >= 4 is 0 Å². The second-order valence-electron chi connectivity index (χ2n) is 6.68. The lowest BCUT2D eigenvalue weighted by Gasteiger charge is -2.21. The molecule has 6 nitrogen and oxygen atoms in total. The van der Waals surface area contributed by atoms with Crippen molar-refractivity contribution in [1.29, 1.82) is 0 Å². The molecule has 0 saturated heterocycles. The molecule has 140 valence electrons. The van der Waals surface area contributed by atoms with Gasteiger partial charge >= 0.3 is 0 Å². The van der Waals surface area contributed by atoms with E-state index in [1.807, 2.05) is 37.3 Å². The molecular weight excluding hydrogens is 340 g/mol.